The predicted molar refractivity (Wildman–Crippen MR) is 65.7 cm³/mol. The molecule has 16 heavy (non-hydrogen) atoms. The maximum atomic E-state index is 12.7. The Kier molecular flexibility index (Phi) is 3.05. The lowest BCUT2D eigenvalue weighted by atomic mass is 10.2. The standard InChI is InChI=1S/C13H13FN2/c1-15-12-3-2-4-13(9-12)16-11-7-5-10(14)6-8-11/h2-9,15-16H,1H3. The number of anilines is 3. The van der Waals surface area contributed by atoms with Crippen LogP contribution in [0, 0.1) is 5.82 Å². The first kappa shape index (κ1) is 10.5. The largest absolute Gasteiger partial charge is 0.388 e. The average molecular weight is 216 g/mol. The quantitative estimate of drug-likeness (QED) is 0.819. The third kappa shape index (κ3) is 2.51. The molecule has 0 saturated heterocycles. The van der Waals surface area contributed by atoms with E-state index in [1.165, 1.54) is 12.1 Å². The fraction of sp³-hybridized carbons (Fsp3) is 0.0769. The molecule has 2 nitrogen and oxygen atoms in total. The molecular weight excluding hydrogens is 203 g/mol. The van der Waals surface area contributed by atoms with Crippen LogP contribution >= 0.6 is 0 Å². The topological polar surface area (TPSA) is 24.1 Å². The SMILES string of the molecule is CNc1cccc(Nc2ccc(F)cc2)c1. The zero-order chi connectivity index (χ0) is 11.4. The Labute approximate surface area is 94.1 Å². The van der Waals surface area contributed by atoms with E-state index in [4.69, 9.17) is 0 Å². The van der Waals surface area contributed by atoms with Crippen molar-refractivity contribution in [1.29, 1.82) is 0 Å². The monoisotopic (exact) mass is 216 g/mol. The molecule has 2 aromatic rings. The zero-order valence-electron chi connectivity index (χ0n) is 9.00. The van der Waals surface area contributed by atoms with Gasteiger partial charge in [0.25, 0.3) is 0 Å². The van der Waals surface area contributed by atoms with E-state index in [0.29, 0.717) is 0 Å². The number of hydrogen-bond acceptors (Lipinski definition) is 2. The van der Waals surface area contributed by atoms with Gasteiger partial charge < -0.3 is 10.6 Å². The number of halogens is 1. The van der Waals surface area contributed by atoms with Gasteiger partial charge in [0.15, 0.2) is 0 Å². The summed E-state index contributed by atoms with van der Waals surface area (Å²) in [5.41, 5.74) is 2.88. The molecule has 0 aliphatic rings. The molecule has 0 unspecified atom stereocenters. The van der Waals surface area contributed by atoms with E-state index in [0.717, 1.165) is 17.1 Å². The van der Waals surface area contributed by atoms with Gasteiger partial charge in [-0.25, -0.2) is 4.39 Å². The molecule has 82 valence electrons. The maximum absolute atomic E-state index is 12.7. The van der Waals surface area contributed by atoms with E-state index >= 15 is 0 Å². The van der Waals surface area contributed by atoms with Gasteiger partial charge in [0.2, 0.25) is 0 Å². The minimum absolute atomic E-state index is 0.227. The second-order valence-corrected chi connectivity index (χ2v) is 3.46. The minimum atomic E-state index is -0.227. The summed E-state index contributed by atoms with van der Waals surface area (Å²) in [4.78, 5) is 0. The van der Waals surface area contributed by atoms with Gasteiger partial charge in [-0.2, -0.15) is 0 Å². The fourth-order valence-electron chi connectivity index (χ4n) is 1.45. The van der Waals surface area contributed by atoms with Crippen molar-refractivity contribution in [3.8, 4) is 0 Å². The Balaban J connectivity index is 2.16. The summed E-state index contributed by atoms with van der Waals surface area (Å²) < 4.78 is 12.7. The fourth-order valence-corrected chi connectivity index (χ4v) is 1.45. The van der Waals surface area contributed by atoms with E-state index in [1.54, 1.807) is 12.1 Å². The van der Waals surface area contributed by atoms with Crippen LogP contribution in [0.2, 0.25) is 0 Å². The van der Waals surface area contributed by atoms with Gasteiger partial charge in [0.05, 0.1) is 0 Å². The lowest BCUT2D eigenvalue weighted by molar-refractivity contribution is 0.628. The molecule has 0 heterocycles. The Morgan fingerprint density at radius 2 is 1.56 bits per heavy atom. The lowest BCUT2D eigenvalue weighted by Crippen LogP contribution is -1.92. The third-order valence-corrected chi connectivity index (χ3v) is 2.28. The summed E-state index contributed by atoms with van der Waals surface area (Å²) in [6, 6.07) is 14.2. The lowest BCUT2D eigenvalue weighted by Gasteiger charge is -2.08. The van der Waals surface area contributed by atoms with Crippen LogP contribution in [-0.2, 0) is 0 Å². The van der Waals surface area contributed by atoms with Gasteiger partial charge in [0, 0.05) is 24.1 Å². The predicted octanol–water partition coefficient (Wildman–Crippen LogP) is 3.61. The van der Waals surface area contributed by atoms with Crippen LogP contribution in [0.3, 0.4) is 0 Å². The third-order valence-electron chi connectivity index (χ3n) is 2.28. The van der Waals surface area contributed by atoms with Crippen LogP contribution in [-0.4, -0.2) is 7.05 Å². The molecule has 3 heteroatoms. The molecule has 0 aromatic heterocycles. The Hall–Kier alpha value is -2.03. The van der Waals surface area contributed by atoms with Crippen molar-refractivity contribution < 1.29 is 4.39 Å². The molecule has 0 fully saturated rings. The zero-order valence-corrected chi connectivity index (χ0v) is 9.00. The highest BCUT2D eigenvalue weighted by Gasteiger charge is 1.96. The van der Waals surface area contributed by atoms with Crippen molar-refractivity contribution in [3.05, 3.63) is 54.3 Å². The Morgan fingerprint density at radius 3 is 2.25 bits per heavy atom. The normalized spacial score (nSPS) is 9.88. The summed E-state index contributed by atoms with van der Waals surface area (Å²) in [5, 5.41) is 6.26. The van der Waals surface area contributed by atoms with Crippen LogP contribution in [0.1, 0.15) is 0 Å². The molecule has 0 atom stereocenters. The van der Waals surface area contributed by atoms with Crippen LogP contribution in [0.15, 0.2) is 48.5 Å². The molecule has 0 aliphatic heterocycles. The summed E-state index contributed by atoms with van der Waals surface area (Å²) in [6.45, 7) is 0. The van der Waals surface area contributed by atoms with Gasteiger partial charge in [-0.1, -0.05) is 6.07 Å². The van der Waals surface area contributed by atoms with E-state index in [2.05, 4.69) is 10.6 Å². The molecular formula is C13H13FN2. The highest BCUT2D eigenvalue weighted by Crippen LogP contribution is 2.19. The van der Waals surface area contributed by atoms with Gasteiger partial charge in [-0.3, -0.25) is 0 Å². The molecule has 2 rings (SSSR count). The summed E-state index contributed by atoms with van der Waals surface area (Å²) >= 11 is 0. The Bertz CT molecular complexity index is 466. The highest BCUT2D eigenvalue weighted by molar-refractivity contribution is 5.64. The molecule has 0 bridgehead atoms. The van der Waals surface area contributed by atoms with Gasteiger partial charge in [0.1, 0.15) is 5.82 Å². The van der Waals surface area contributed by atoms with Crippen molar-refractivity contribution in [2.45, 2.75) is 0 Å². The molecule has 2 aromatic carbocycles. The van der Waals surface area contributed by atoms with E-state index in [9.17, 15) is 4.39 Å². The van der Waals surface area contributed by atoms with Crippen LogP contribution in [0.5, 0.6) is 0 Å². The first-order chi connectivity index (χ1) is 7.78. The number of hydrogen-bond donors (Lipinski definition) is 2. The minimum Gasteiger partial charge on any atom is -0.388 e. The van der Waals surface area contributed by atoms with Crippen molar-refractivity contribution in [2.24, 2.45) is 0 Å². The average Bonchev–Trinajstić information content (AvgIpc) is 2.32. The van der Waals surface area contributed by atoms with Gasteiger partial charge in [-0.05, 0) is 42.5 Å². The molecule has 0 spiro atoms. The first-order valence-corrected chi connectivity index (χ1v) is 5.08. The maximum Gasteiger partial charge on any atom is 0.123 e. The summed E-state index contributed by atoms with van der Waals surface area (Å²) in [7, 11) is 1.87. The molecule has 0 radical (unpaired) electrons. The molecule has 0 saturated carbocycles. The number of nitrogens with one attached hydrogen (secondary N) is 2. The van der Waals surface area contributed by atoms with E-state index in [-0.39, 0.29) is 5.82 Å². The number of benzene rings is 2. The second-order valence-electron chi connectivity index (χ2n) is 3.46. The smallest absolute Gasteiger partial charge is 0.123 e. The Morgan fingerprint density at radius 1 is 0.875 bits per heavy atom. The van der Waals surface area contributed by atoms with Crippen molar-refractivity contribution in [2.75, 3.05) is 17.7 Å². The van der Waals surface area contributed by atoms with E-state index in [1.807, 2.05) is 31.3 Å². The van der Waals surface area contributed by atoms with Gasteiger partial charge >= 0.3 is 0 Å². The molecule has 0 aliphatic carbocycles. The highest BCUT2D eigenvalue weighted by atomic mass is 19.1. The summed E-state index contributed by atoms with van der Waals surface area (Å²) in [6.07, 6.45) is 0. The van der Waals surface area contributed by atoms with Crippen LogP contribution < -0.4 is 10.6 Å². The second kappa shape index (κ2) is 4.66. The van der Waals surface area contributed by atoms with Crippen molar-refractivity contribution >= 4 is 17.1 Å². The van der Waals surface area contributed by atoms with Crippen molar-refractivity contribution in [3.63, 3.8) is 0 Å². The van der Waals surface area contributed by atoms with E-state index < -0.39 is 0 Å². The van der Waals surface area contributed by atoms with Crippen LogP contribution in [0.4, 0.5) is 21.5 Å². The molecule has 2 N–H and O–H groups in total. The van der Waals surface area contributed by atoms with Crippen LogP contribution in [0.25, 0.3) is 0 Å². The van der Waals surface area contributed by atoms with Crippen molar-refractivity contribution in [1.82, 2.24) is 0 Å². The number of rotatable bonds is 3. The summed E-state index contributed by atoms with van der Waals surface area (Å²) in [5.74, 6) is -0.227. The first-order valence-electron chi connectivity index (χ1n) is 5.08. The van der Waals surface area contributed by atoms with Gasteiger partial charge in [-0.15, -0.1) is 0 Å². The molecule has 0 amide bonds.